The van der Waals surface area contributed by atoms with Crippen LogP contribution in [-0.2, 0) is 0 Å². The van der Waals surface area contributed by atoms with Crippen LogP contribution in [0.2, 0.25) is 0 Å². The maximum Gasteiger partial charge on any atom is 0.356 e. The minimum absolute atomic E-state index is 0.412. The quantitative estimate of drug-likeness (QED) is 0.570. The van der Waals surface area contributed by atoms with Gasteiger partial charge >= 0.3 is 5.69 Å². The van der Waals surface area contributed by atoms with E-state index in [9.17, 15) is 14.0 Å². The van der Waals surface area contributed by atoms with Gasteiger partial charge in [-0.2, -0.15) is 9.97 Å². The molecule has 0 saturated heterocycles. The molecule has 0 amide bonds. The molecule has 2 rings (SSSR count). The first-order valence-electron chi connectivity index (χ1n) is 4.33. The fourth-order valence-corrected chi connectivity index (χ4v) is 1.19. The van der Waals surface area contributed by atoms with Gasteiger partial charge in [-0.15, -0.1) is 0 Å². The van der Waals surface area contributed by atoms with E-state index in [0.29, 0.717) is 10.8 Å². The smallest absolute Gasteiger partial charge is 0.356 e. The van der Waals surface area contributed by atoms with Crippen LogP contribution in [0.15, 0.2) is 21.9 Å². The van der Waals surface area contributed by atoms with Crippen LogP contribution in [0.5, 0.6) is 5.88 Å². The first-order valence-corrected chi connectivity index (χ1v) is 4.33. The Balaban J connectivity index is 2.81. The number of hydrogen-bond donors (Lipinski definition) is 3. The van der Waals surface area contributed by atoms with Gasteiger partial charge in [0.2, 0.25) is 11.8 Å². The topological polar surface area (TPSA) is 127 Å². The van der Waals surface area contributed by atoms with Crippen LogP contribution in [0.1, 0.15) is 0 Å². The number of halogens is 1. The highest BCUT2D eigenvalue weighted by Crippen LogP contribution is 2.09. The second kappa shape index (κ2) is 3.70. The van der Waals surface area contributed by atoms with Crippen molar-refractivity contribution in [3.63, 3.8) is 0 Å². The highest BCUT2D eigenvalue weighted by Gasteiger charge is 2.12. The molecule has 2 aromatic heterocycles. The van der Waals surface area contributed by atoms with Crippen LogP contribution >= 0.6 is 0 Å². The zero-order chi connectivity index (χ0) is 12.6. The van der Waals surface area contributed by atoms with Gasteiger partial charge in [-0.25, -0.2) is 13.8 Å². The van der Waals surface area contributed by atoms with Gasteiger partial charge in [0.05, 0.1) is 12.3 Å². The molecule has 0 atom stereocenters. The Morgan fingerprint density at radius 3 is 2.82 bits per heavy atom. The van der Waals surface area contributed by atoms with E-state index in [1.54, 1.807) is 0 Å². The number of hydrogen-bond acceptors (Lipinski definition) is 6. The van der Waals surface area contributed by atoms with Crippen molar-refractivity contribution >= 4 is 5.82 Å². The molecule has 0 spiro atoms. The Labute approximate surface area is 92.2 Å². The zero-order valence-corrected chi connectivity index (χ0v) is 8.22. The van der Waals surface area contributed by atoms with Gasteiger partial charge in [0, 0.05) is 0 Å². The molecule has 0 aromatic carbocycles. The second-order valence-corrected chi connectivity index (χ2v) is 3.04. The van der Waals surface area contributed by atoms with Crippen molar-refractivity contribution in [2.24, 2.45) is 0 Å². The first kappa shape index (κ1) is 10.8. The normalized spacial score (nSPS) is 10.4. The molecular formula is C8H6FN5O3. The van der Waals surface area contributed by atoms with Crippen molar-refractivity contribution in [2.75, 3.05) is 5.73 Å². The molecule has 9 heteroatoms. The standard InChI is InChI=1S/C8H6FN5O3/c9-3-2-11-8(17)14(6(3)10)7-12-4(15)1-5(16)13-7/h1-2H,10H2,(H2,12,13,15,16). The van der Waals surface area contributed by atoms with E-state index in [1.165, 1.54) is 0 Å². The molecule has 2 heterocycles. The average molecular weight is 239 g/mol. The third kappa shape index (κ3) is 1.85. The first-order chi connectivity index (χ1) is 7.99. The third-order valence-corrected chi connectivity index (χ3v) is 1.89. The molecule has 0 unspecified atom stereocenters. The molecule has 0 saturated carbocycles. The SMILES string of the molecule is Nc1c(F)cnc(=O)n1-c1nc(O)cc(=O)[nH]1. The molecule has 0 aliphatic heterocycles. The Morgan fingerprint density at radius 1 is 1.47 bits per heavy atom. The molecule has 0 aliphatic rings. The van der Waals surface area contributed by atoms with Crippen LogP contribution < -0.4 is 17.0 Å². The summed E-state index contributed by atoms with van der Waals surface area (Å²) in [5, 5.41) is 9.10. The number of H-pyrrole nitrogens is 1. The number of aromatic nitrogens is 4. The maximum atomic E-state index is 13.1. The predicted octanol–water partition coefficient (Wildman–Crippen LogP) is -1.26. The Bertz CT molecular complexity index is 692. The van der Waals surface area contributed by atoms with E-state index >= 15 is 0 Å². The number of nitrogens with zero attached hydrogens (tertiary/aromatic N) is 3. The van der Waals surface area contributed by atoms with E-state index < -0.39 is 34.7 Å². The van der Waals surface area contributed by atoms with Crippen LogP contribution in [0.4, 0.5) is 10.2 Å². The number of nitrogen functional groups attached to an aromatic ring is 1. The largest absolute Gasteiger partial charge is 0.493 e. The number of rotatable bonds is 1. The van der Waals surface area contributed by atoms with Crippen LogP contribution in [0.25, 0.3) is 5.95 Å². The second-order valence-electron chi connectivity index (χ2n) is 3.04. The lowest BCUT2D eigenvalue weighted by atomic mass is 10.5. The van der Waals surface area contributed by atoms with Gasteiger partial charge < -0.3 is 10.8 Å². The van der Waals surface area contributed by atoms with Crippen molar-refractivity contribution < 1.29 is 9.50 Å². The molecule has 0 aliphatic carbocycles. The van der Waals surface area contributed by atoms with Crippen LogP contribution in [0, 0.1) is 5.82 Å². The molecule has 0 fully saturated rings. The molecule has 88 valence electrons. The van der Waals surface area contributed by atoms with Crippen molar-refractivity contribution in [1.29, 1.82) is 0 Å². The van der Waals surface area contributed by atoms with Crippen molar-refractivity contribution in [3.8, 4) is 11.8 Å². The van der Waals surface area contributed by atoms with Crippen LogP contribution in [-0.4, -0.2) is 24.6 Å². The third-order valence-electron chi connectivity index (χ3n) is 1.89. The summed E-state index contributed by atoms with van der Waals surface area (Å²) in [5.41, 5.74) is 3.67. The number of anilines is 1. The lowest BCUT2D eigenvalue weighted by molar-refractivity contribution is 0.449. The summed E-state index contributed by atoms with van der Waals surface area (Å²) in [6.07, 6.45) is 0.648. The highest BCUT2D eigenvalue weighted by atomic mass is 19.1. The van der Waals surface area contributed by atoms with Gasteiger partial charge in [-0.3, -0.25) is 9.78 Å². The number of nitrogens with one attached hydrogen (secondary N) is 1. The summed E-state index contributed by atoms with van der Waals surface area (Å²) in [7, 11) is 0. The highest BCUT2D eigenvalue weighted by molar-refractivity contribution is 5.36. The Kier molecular flexibility index (Phi) is 2.35. The van der Waals surface area contributed by atoms with Gasteiger partial charge in [0.25, 0.3) is 5.56 Å². The van der Waals surface area contributed by atoms with Crippen LogP contribution in [0.3, 0.4) is 0 Å². The lowest BCUT2D eigenvalue weighted by Crippen LogP contribution is -2.28. The summed E-state index contributed by atoms with van der Waals surface area (Å²) in [5.74, 6) is -2.56. The number of nitrogens with two attached hydrogens (primary N) is 1. The fraction of sp³-hybridized carbons (Fsp3) is 0. The monoisotopic (exact) mass is 239 g/mol. The number of aromatic hydroxyl groups is 1. The fourth-order valence-electron chi connectivity index (χ4n) is 1.19. The van der Waals surface area contributed by atoms with E-state index in [2.05, 4.69) is 15.0 Å². The van der Waals surface area contributed by atoms with Gasteiger partial charge in [-0.1, -0.05) is 0 Å². The van der Waals surface area contributed by atoms with E-state index in [4.69, 9.17) is 10.8 Å². The van der Waals surface area contributed by atoms with E-state index in [1.807, 2.05) is 0 Å². The summed E-state index contributed by atoms with van der Waals surface area (Å²) < 4.78 is 13.7. The summed E-state index contributed by atoms with van der Waals surface area (Å²) >= 11 is 0. The summed E-state index contributed by atoms with van der Waals surface area (Å²) in [4.78, 5) is 31.2. The van der Waals surface area contributed by atoms with Gasteiger partial charge in [0.1, 0.15) is 0 Å². The van der Waals surface area contributed by atoms with Crippen molar-refractivity contribution in [2.45, 2.75) is 0 Å². The molecular weight excluding hydrogens is 233 g/mol. The van der Waals surface area contributed by atoms with Gasteiger partial charge in [-0.05, 0) is 0 Å². The zero-order valence-electron chi connectivity index (χ0n) is 8.22. The molecule has 2 aromatic rings. The minimum Gasteiger partial charge on any atom is -0.493 e. The molecule has 0 bridgehead atoms. The van der Waals surface area contributed by atoms with E-state index in [0.717, 1.165) is 6.07 Å². The maximum absolute atomic E-state index is 13.1. The average Bonchev–Trinajstić information content (AvgIpc) is 2.23. The number of aromatic amines is 1. The summed E-state index contributed by atoms with van der Waals surface area (Å²) in [6.45, 7) is 0. The van der Waals surface area contributed by atoms with Crippen molar-refractivity contribution in [1.82, 2.24) is 19.5 Å². The molecule has 17 heavy (non-hydrogen) atoms. The molecule has 4 N–H and O–H groups in total. The minimum atomic E-state index is -0.949. The summed E-state index contributed by atoms with van der Waals surface area (Å²) in [6, 6.07) is 0.789. The lowest BCUT2D eigenvalue weighted by Gasteiger charge is -2.07. The van der Waals surface area contributed by atoms with Gasteiger partial charge in [0.15, 0.2) is 11.6 Å². The van der Waals surface area contributed by atoms with Crippen molar-refractivity contribution in [3.05, 3.63) is 38.9 Å². The molecule has 0 radical (unpaired) electrons. The molecule has 8 nitrogen and oxygen atoms in total. The van der Waals surface area contributed by atoms with E-state index in [-0.39, 0.29) is 0 Å². The predicted molar refractivity (Wildman–Crippen MR) is 54.3 cm³/mol. The Morgan fingerprint density at radius 2 is 2.18 bits per heavy atom. The Hall–Kier alpha value is -2.71.